The Morgan fingerprint density at radius 3 is 2.86 bits per heavy atom. The summed E-state index contributed by atoms with van der Waals surface area (Å²) in [6, 6.07) is 0.266. The highest BCUT2D eigenvalue weighted by molar-refractivity contribution is 6.00. The van der Waals surface area contributed by atoms with Crippen molar-refractivity contribution in [1.82, 2.24) is 0 Å². The van der Waals surface area contributed by atoms with Crippen LogP contribution in [0.5, 0.6) is 0 Å². The van der Waals surface area contributed by atoms with E-state index >= 15 is 0 Å². The molecule has 0 aromatic carbocycles. The maximum absolute atomic E-state index is 5.87. The number of nitrogens with zero attached hydrogens (tertiary/aromatic N) is 1. The van der Waals surface area contributed by atoms with E-state index in [4.69, 9.17) is 11.5 Å². The average molecular weight is 195 g/mol. The minimum Gasteiger partial charge on any atom is -0.404 e. The molecule has 4 N–H and O–H groups in total. The molecule has 0 aromatic heterocycles. The largest absolute Gasteiger partial charge is 0.404 e. The first-order valence-electron chi connectivity index (χ1n) is 5.33. The second kappa shape index (κ2) is 5.15. The molecule has 1 aliphatic carbocycles. The Balaban J connectivity index is 2.63. The van der Waals surface area contributed by atoms with Gasteiger partial charge in [0, 0.05) is 18.3 Å². The van der Waals surface area contributed by atoms with Crippen LogP contribution in [0.15, 0.2) is 16.8 Å². The molecule has 0 radical (unpaired) electrons. The highest BCUT2D eigenvalue weighted by Crippen LogP contribution is 2.19. The smallest absolute Gasteiger partial charge is 0.0415 e. The third kappa shape index (κ3) is 3.14. The van der Waals surface area contributed by atoms with Crippen LogP contribution in [0.25, 0.3) is 0 Å². The molecule has 0 amide bonds. The van der Waals surface area contributed by atoms with Gasteiger partial charge >= 0.3 is 0 Å². The molecule has 1 unspecified atom stereocenters. The molecule has 0 aliphatic heterocycles. The predicted molar refractivity (Wildman–Crippen MR) is 61.2 cm³/mol. The van der Waals surface area contributed by atoms with Gasteiger partial charge < -0.3 is 11.5 Å². The summed E-state index contributed by atoms with van der Waals surface area (Å²) >= 11 is 0. The van der Waals surface area contributed by atoms with E-state index in [-0.39, 0.29) is 6.04 Å². The first kappa shape index (κ1) is 11.2. The maximum atomic E-state index is 5.87. The van der Waals surface area contributed by atoms with E-state index < -0.39 is 0 Å². The van der Waals surface area contributed by atoms with Crippen LogP contribution >= 0.6 is 0 Å². The van der Waals surface area contributed by atoms with Gasteiger partial charge in [-0.15, -0.1) is 0 Å². The molecule has 3 nitrogen and oxygen atoms in total. The van der Waals surface area contributed by atoms with Gasteiger partial charge in [-0.25, -0.2) is 0 Å². The Morgan fingerprint density at radius 1 is 1.57 bits per heavy atom. The fraction of sp³-hybridized carbons (Fsp3) is 0.727. The van der Waals surface area contributed by atoms with Crippen LogP contribution in [0.4, 0.5) is 0 Å². The first-order valence-corrected chi connectivity index (χ1v) is 5.33. The molecule has 0 aromatic rings. The van der Waals surface area contributed by atoms with Crippen molar-refractivity contribution in [2.75, 3.05) is 6.54 Å². The fourth-order valence-corrected chi connectivity index (χ4v) is 1.62. The van der Waals surface area contributed by atoms with Gasteiger partial charge in [0.15, 0.2) is 0 Å². The van der Waals surface area contributed by atoms with Gasteiger partial charge in [-0.2, -0.15) is 0 Å². The van der Waals surface area contributed by atoms with Crippen LogP contribution in [0.1, 0.15) is 33.1 Å². The van der Waals surface area contributed by atoms with Gasteiger partial charge in [0.25, 0.3) is 0 Å². The minimum absolute atomic E-state index is 0.266. The van der Waals surface area contributed by atoms with Gasteiger partial charge in [0.05, 0.1) is 0 Å². The zero-order valence-corrected chi connectivity index (χ0v) is 9.16. The van der Waals surface area contributed by atoms with Crippen LogP contribution in [0.3, 0.4) is 0 Å². The normalized spacial score (nSPS) is 29.0. The van der Waals surface area contributed by atoms with E-state index in [0.717, 1.165) is 31.4 Å². The third-order valence-electron chi connectivity index (χ3n) is 2.45. The molecule has 0 bridgehead atoms. The van der Waals surface area contributed by atoms with Crippen LogP contribution in [0.2, 0.25) is 0 Å². The topological polar surface area (TPSA) is 64.4 Å². The van der Waals surface area contributed by atoms with Gasteiger partial charge in [-0.1, -0.05) is 13.8 Å². The second-order valence-electron chi connectivity index (χ2n) is 4.38. The van der Waals surface area contributed by atoms with Gasteiger partial charge in [0.1, 0.15) is 0 Å². The number of aliphatic imine (C=N–C) groups is 1. The van der Waals surface area contributed by atoms with E-state index in [9.17, 15) is 0 Å². The standard InChI is InChI=1S/C11H21N3/c1-8(2)7-14-11-4-3-10(13)5-9(11)6-12/h6,8,10H,3-5,7,12-13H2,1-2H3. The van der Waals surface area contributed by atoms with Crippen LogP contribution in [-0.2, 0) is 0 Å². The Labute approximate surface area is 86.3 Å². The van der Waals surface area contributed by atoms with Gasteiger partial charge in [-0.05, 0) is 37.0 Å². The lowest BCUT2D eigenvalue weighted by atomic mass is 9.90. The van der Waals surface area contributed by atoms with E-state index in [1.807, 2.05) is 0 Å². The molecule has 1 saturated carbocycles. The molecule has 80 valence electrons. The van der Waals surface area contributed by atoms with E-state index in [0.29, 0.717) is 5.92 Å². The highest BCUT2D eigenvalue weighted by Gasteiger charge is 2.18. The van der Waals surface area contributed by atoms with Crippen LogP contribution < -0.4 is 11.5 Å². The van der Waals surface area contributed by atoms with Crippen molar-refractivity contribution in [1.29, 1.82) is 0 Å². The Kier molecular flexibility index (Phi) is 4.14. The van der Waals surface area contributed by atoms with Gasteiger partial charge in [0.2, 0.25) is 0 Å². The number of hydrogen-bond donors (Lipinski definition) is 2. The Morgan fingerprint density at radius 2 is 2.29 bits per heavy atom. The molecule has 0 spiro atoms. The quantitative estimate of drug-likeness (QED) is 0.700. The molecule has 14 heavy (non-hydrogen) atoms. The summed E-state index contributed by atoms with van der Waals surface area (Å²) in [5.41, 5.74) is 13.7. The summed E-state index contributed by atoms with van der Waals surface area (Å²) in [6.07, 6.45) is 4.57. The lowest BCUT2D eigenvalue weighted by molar-refractivity contribution is 0.600. The summed E-state index contributed by atoms with van der Waals surface area (Å²) in [5.74, 6) is 0.608. The van der Waals surface area contributed by atoms with Gasteiger partial charge in [-0.3, -0.25) is 4.99 Å². The Bertz CT molecular complexity index is 241. The number of nitrogens with two attached hydrogens (primary N) is 2. The summed E-state index contributed by atoms with van der Waals surface area (Å²) in [4.78, 5) is 4.58. The lowest BCUT2D eigenvalue weighted by Gasteiger charge is -2.22. The molecule has 1 fully saturated rings. The molecule has 0 saturated heterocycles. The van der Waals surface area contributed by atoms with E-state index in [1.165, 1.54) is 5.71 Å². The molecular formula is C11H21N3. The van der Waals surface area contributed by atoms with Crippen molar-refractivity contribution in [3.63, 3.8) is 0 Å². The van der Waals surface area contributed by atoms with Crippen molar-refractivity contribution in [3.05, 3.63) is 11.8 Å². The monoisotopic (exact) mass is 195 g/mol. The van der Waals surface area contributed by atoms with E-state index in [2.05, 4.69) is 18.8 Å². The molecule has 1 atom stereocenters. The van der Waals surface area contributed by atoms with Crippen LogP contribution in [0, 0.1) is 5.92 Å². The fourth-order valence-electron chi connectivity index (χ4n) is 1.62. The Hall–Kier alpha value is -0.830. The van der Waals surface area contributed by atoms with Crippen molar-refractivity contribution >= 4 is 5.71 Å². The molecular weight excluding hydrogens is 174 g/mol. The molecule has 1 aliphatic rings. The van der Waals surface area contributed by atoms with E-state index in [1.54, 1.807) is 6.20 Å². The summed E-state index contributed by atoms with van der Waals surface area (Å²) in [7, 11) is 0. The molecule has 3 heteroatoms. The third-order valence-corrected chi connectivity index (χ3v) is 2.45. The SMILES string of the molecule is CC(C)CN=C1CCC(N)CC1=CN. The highest BCUT2D eigenvalue weighted by atomic mass is 14.8. The first-order chi connectivity index (χ1) is 6.63. The summed E-state index contributed by atoms with van der Waals surface area (Å²) < 4.78 is 0. The second-order valence-corrected chi connectivity index (χ2v) is 4.38. The summed E-state index contributed by atoms with van der Waals surface area (Å²) in [5, 5.41) is 0. The zero-order valence-electron chi connectivity index (χ0n) is 9.16. The summed E-state index contributed by atoms with van der Waals surface area (Å²) in [6.45, 7) is 5.23. The molecule has 1 rings (SSSR count). The van der Waals surface area contributed by atoms with Crippen molar-refractivity contribution in [2.24, 2.45) is 22.4 Å². The minimum atomic E-state index is 0.266. The van der Waals surface area contributed by atoms with Crippen molar-refractivity contribution in [3.8, 4) is 0 Å². The number of hydrogen-bond acceptors (Lipinski definition) is 3. The predicted octanol–water partition coefficient (Wildman–Crippen LogP) is 1.44. The van der Waals surface area contributed by atoms with Crippen molar-refractivity contribution < 1.29 is 0 Å². The zero-order chi connectivity index (χ0) is 10.6. The number of rotatable bonds is 2. The average Bonchev–Trinajstić information content (AvgIpc) is 2.15. The van der Waals surface area contributed by atoms with Crippen molar-refractivity contribution in [2.45, 2.75) is 39.2 Å². The van der Waals surface area contributed by atoms with Crippen LogP contribution in [-0.4, -0.2) is 18.3 Å². The maximum Gasteiger partial charge on any atom is 0.0415 e. The molecule has 0 heterocycles. The lowest BCUT2D eigenvalue weighted by Crippen LogP contribution is -2.29.